The summed E-state index contributed by atoms with van der Waals surface area (Å²) in [7, 11) is 0. The van der Waals surface area contributed by atoms with Gasteiger partial charge in [-0.25, -0.2) is 0 Å². The van der Waals surface area contributed by atoms with Gasteiger partial charge in [-0.05, 0) is 37.0 Å². The number of rotatable bonds is 60. The predicted molar refractivity (Wildman–Crippen MR) is 351 cm³/mol. The average Bonchev–Trinajstić information content (AvgIpc) is 3.63. The van der Waals surface area contributed by atoms with E-state index in [0.717, 1.165) is 77.0 Å². The maximum atomic E-state index is 14.1. The van der Waals surface area contributed by atoms with Crippen LogP contribution < -0.4 is 16.0 Å². The quantitative estimate of drug-likeness (QED) is 0.0317. The third kappa shape index (κ3) is 40.8. The van der Waals surface area contributed by atoms with Crippen molar-refractivity contribution >= 4 is 35.4 Å². The maximum absolute atomic E-state index is 14.1. The van der Waals surface area contributed by atoms with Gasteiger partial charge in [-0.2, -0.15) is 0 Å². The topological polar surface area (TPSA) is 212 Å². The van der Waals surface area contributed by atoms with E-state index in [1.165, 1.54) is 150 Å². The molecule has 3 atom stereocenters. The lowest BCUT2D eigenvalue weighted by Gasteiger charge is -2.34. The highest BCUT2D eigenvalue weighted by atomic mass is 16.3. The van der Waals surface area contributed by atoms with Crippen molar-refractivity contribution in [1.82, 2.24) is 35.6 Å². The Morgan fingerprint density at radius 2 is 0.482 bits per heavy atom. The van der Waals surface area contributed by atoms with Gasteiger partial charge in [0.25, 0.3) is 0 Å². The molecule has 0 rings (SSSR count). The molecule has 85 heavy (non-hydrogen) atoms. The van der Waals surface area contributed by atoms with E-state index in [9.17, 15) is 44.1 Å². The van der Waals surface area contributed by atoms with Crippen LogP contribution in [-0.2, 0) is 28.8 Å². The summed E-state index contributed by atoms with van der Waals surface area (Å²) in [4.78, 5) is 90.1. The first-order valence-corrected chi connectivity index (χ1v) is 35.3. The van der Waals surface area contributed by atoms with Crippen molar-refractivity contribution in [2.75, 3.05) is 78.7 Å². The number of nitrogens with one attached hydrogen (secondary N) is 3. The van der Waals surface area contributed by atoms with Crippen LogP contribution in [0.4, 0.5) is 0 Å². The van der Waals surface area contributed by atoms with Crippen LogP contribution in [0, 0.1) is 17.8 Å². The normalized spacial score (nSPS) is 12.7. The van der Waals surface area contributed by atoms with Gasteiger partial charge in [0.15, 0.2) is 0 Å². The van der Waals surface area contributed by atoms with Gasteiger partial charge in [-0.1, -0.05) is 255 Å². The highest BCUT2D eigenvalue weighted by Crippen LogP contribution is 2.20. The van der Waals surface area contributed by atoms with E-state index in [2.05, 4.69) is 36.7 Å². The highest BCUT2D eigenvalue weighted by Gasteiger charge is 2.35. The SMILES string of the molecule is CCCCCCCCCCCCCC(=O)N(CCO)C(C(=O)NCCN(CCNC(=O)C(C(C)C)N(CCO)C(=O)CCCCCCCCCCCCC)CCNC(=O)C(C(C)C)N(CCO)C(=O)CCCCCCCCCCCCC)C(C)C. The Morgan fingerprint density at radius 1 is 0.294 bits per heavy atom. The van der Waals surface area contributed by atoms with Crippen molar-refractivity contribution in [2.45, 2.75) is 312 Å². The number of carbonyl (C=O) groups is 6. The average molecular weight is 1210 g/mol. The molecular formula is C69H135N7O9. The number of carbonyl (C=O) groups excluding carboxylic acids is 6. The van der Waals surface area contributed by atoms with Crippen LogP contribution in [0.1, 0.15) is 293 Å². The molecule has 0 aliphatic rings. The molecule has 3 unspecified atom stereocenters. The number of amides is 6. The molecule has 16 nitrogen and oxygen atoms in total. The van der Waals surface area contributed by atoms with Crippen molar-refractivity contribution in [2.24, 2.45) is 17.8 Å². The number of aliphatic hydroxyl groups is 3. The highest BCUT2D eigenvalue weighted by molar-refractivity contribution is 5.89. The smallest absolute Gasteiger partial charge is 0.243 e. The Kier molecular flexibility index (Phi) is 53.7. The van der Waals surface area contributed by atoms with Gasteiger partial charge >= 0.3 is 0 Å². The summed E-state index contributed by atoms with van der Waals surface area (Å²) in [6, 6.07) is -2.38. The van der Waals surface area contributed by atoms with Gasteiger partial charge in [-0.15, -0.1) is 0 Å². The predicted octanol–water partition coefficient (Wildman–Crippen LogP) is 12.3. The van der Waals surface area contributed by atoms with E-state index in [1.807, 2.05) is 46.4 Å². The first-order chi connectivity index (χ1) is 41.1. The van der Waals surface area contributed by atoms with Crippen LogP contribution in [-0.4, -0.2) is 167 Å². The molecule has 0 aromatic heterocycles. The third-order valence-corrected chi connectivity index (χ3v) is 16.9. The monoisotopic (exact) mass is 1210 g/mol. The molecule has 0 aromatic rings. The maximum Gasteiger partial charge on any atom is 0.243 e. The van der Waals surface area contributed by atoms with E-state index < -0.39 is 18.1 Å². The summed E-state index contributed by atoms with van der Waals surface area (Å²) in [5, 5.41) is 39.5. The molecule has 6 N–H and O–H groups in total. The van der Waals surface area contributed by atoms with E-state index >= 15 is 0 Å². The molecule has 0 fully saturated rings. The van der Waals surface area contributed by atoms with Crippen molar-refractivity contribution in [3.05, 3.63) is 0 Å². The van der Waals surface area contributed by atoms with Crippen LogP contribution in [0.2, 0.25) is 0 Å². The Bertz CT molecular complexity index is 1470. The number of aliphatic hydroxyl groups excluding tert-OH is 3. The van der Waals surface area contributed by atoms with Gasteiger partial charge in [0.1, 0.15) is 18.1 Å². The standard InChI is InChI=1S/C69H135N7O9/c1-10-13-16-19-22-25-28-31-34-37-40-43-61(80)74(52-55-77)64(58(4)5)67(83)70-46-49-73(50-47-71-68(84)65(59(6)7)75(53-56-78)62(81)44-41-38-35-32-29-26-23-20-17-14-11-2)51-48-72-69(85)66(60(8)9)76(54-57-79)63(82)45-42-39-36-33-30-27-24-21-18-15-12-3/h58-60,64-66,77-79H,10-57H2,1-9H3,(H,70,83)(H,71,84)(H,72,85). The van der Waals surface area contributed by atoms with E-state index in [1.54, 1.807) is 0 Å². The molecule has 0 aliphatic carbocycles. The lowest BCUT2D eigenvalue weighted by molar-refractivity contribution is -0.143. The minimum absolute atomic E-state index is 0.0504. The van der Waals surface area contributed by atoms with Crippen molar-refractivity contribution < 1.29 is 44.1 Å². The fourth-order valence-electron chi connectivity index (χ4n) is 11.9. The Labute approximate surface area is 521 Å². The third-order valence-electron chi connectivity index (χ3n) is 16.9. The second-order valence-corrected chi connectivity index (χ2v) is 25.6. The van der Waals surface area contributed by atoms with Crippen LogP contribution in [0.5, 0.6) is 0 Å². The summed E-state index contributed by atoms with van der Waals surface area (Å²) in [5.41, 5.74) is 0. The fraction of sp³-hybridized carbons (Fsp3) is 0.913. The number of nitrogens with zero attached hydrogens (tertiary/aromatic N) is 4. The van der Waals surface area contributed by atoms with Gasteiger partial charge in [0.2, 0.25) is 35.4 Å². The fourth-order valence-corrected chi connectivity index (χ4v) is 11.9. The number of hydrogen-bond acceptors (Lipinski definition) is 10. The van der Waals surface area contributed by atoms with Crippen LogP contribution in [0.3, 0.4) is 0 Å². The van der Waals surface area contributed by atoms with Gasteiger partial charge in [-0.3, -0.25) is 33.7 Å². The largest absolute Gasteiger partial charge is 0.395 e. The van der Waals surface area contributed by atoms with Crippen LogP contribution in [0.25, 0.3) is 0 Å². The Balaban J connectivity index is 6.08. The first kappa shape index (κ1) is 81.7. The molecule has 0 saturated heterocycles. The molecule has 0 aliphatic heterocycles. The van der Waals surface area contributed by atoms with E-state index in [-0.39, 0.29) is 112 Å². The van der Waals surface area contributed by atoms with Crippen molar-refractivity contribution in [3.63, 3.8) is 0 Å². The summed E-state index contributed by atoms with van der Waals surface area (Å²) < 4.78 is 0. The van der Waals surface area contributed by atoms with Gasteiger partial charge < -0.3 is 46.0 Å². The van der Waals surface area contributed by atoms with E-state index in [4.69, 9.17) is 0 Å². The first-order valence-electron chi connectivity index (χ1n) is 35.3. The zero-order valence-corrected chi connectivity index (χ0v) is 56.5. The minimum Gasteiger partial charge on any atom is -0.395 e. The lowest BCUT2D eigenvalue weighted by atomic mass is 10.00. The summed E-state index contributed by atoms with van der Waals surface area (Å²) in [5.74, 6) is -2.08. The minimum atomic E-state index is -0.792. The molecule has 0 radical (unpaired) electrons. The van der Waals surface area contributed by atoms with Crippen molar-refractivity contribution in [3.8, 4) is 0 Å². The molecular weight excluding hydrogens is 1070 g/mol. The summed E-state index contributed by atoms with van der Waals surface area (Å²) in [6.07, 6.45) is 39.3. The van der Waals surface area contributed by atoms with E-state index in [0.29, 0.717) is 38.9 Å². The van der Waals surface area contributed by atoms with Gasteiger partial charge in [0.05, 0.1) is 19.8 Å². The molecule has 0 spiro atoms. The molecule has 0 aromatic carbocycles. The number of unbranched alkanes of at least 4 members (excludes halogenated alkanes) is 30. The second kappa shape index (κ2) is 55.9. The Hall–Kier alpha value is -3.34. The zero-order valence-electron chi connectivity index (χ0n) is 56.5. The molecule has 6 amide bonds. The lowest BCUT2D eigenvalue weighted by Crippen LogP contribution is -2.55. The van der Waals surface area contributed by atoms with Gasteiger partial charge in [0, 0.05) is 78.2 Å². The summed E-state index contributed by atoms with van der Waals surface area (Å²) in [6.45, 7) is 19.0. The summed E-state index contributed by atoms with van der Waals surface area (Å²) >= 11 is 0. The molecule has 500 valence electrons. The molecule has 0 bridgehead atoms. The second-order valence-electron chi connectivity index (χ2n) is 25.6. The van der Waals surface area contributed by atoms with Crippen LogP contribution >= 0.6 is 0 Å². The van der Waals surface area contributed by atoms with Crippen molar-refractivity contribution in [1.29, 1.82) is 0 Å². The molecule has 16 heteroatoms. The molecule has 0 saturated carbocycles. The van der Waals surface area contributed by atoms with Crippen LogP contribution in [0.15, 0.2) is 0 Å². The zero-order chi connectivity index (χ0) is 63.3. The number of hydrogen-bond donors (Lipinski definition) is 6. The Morgan fingerprint density at radius 3 is 0.659 bits per heavy atom. The molecule has 0 heterocycles.